The quantitative estimate of drug-likeness (QED) is 0.188. The molecular formula is C49H35N. The van der Waals surface area contributed by atoms with Gasteiger partial charge in [-0.25, -0.2) is 4.98 Å². The van der Waals surface area contributed by atoms with Gasteiger partial charge in [0.25, 0.3) is 0 Å². The van der Waals surface area contributed by atoms with Crippen molar-refractivity contribution in [1.29, 1.82) is 0 Å². The highest BCUT2D eigenvalue weighted by molar-refractivity contribution is 5.97. The number of rotatable bonds is 3. The number of benzene rings is 7. The molecule has 0 aliphatic heterocycles. The summed E-state index contributed by atoms with van der Waals surface area (Å²) in [7, 11) is 0. The lowest BCUT2D eigenvalue weighted by atomic mass is 9.55. The van der Waals surface area contributed by atoms with Crippen molar-refractivity contribution < 1.29 is 0 Å². The van der Waals surface area contributed by atoms with Gasteiger partial charge in [-0.1, -0.05) is 166 Å². The lowest BCUT2D eigenvalue weighted by Gasteiger charge is -2.46. The number of hydrogen-bond donors (Lipinski definition) is 0. The van der Waals surface area contributed by atoms with Crippen LogP contribution in [0.5, 0.6) is 0 Å². The number of fused-ring (bicyclic) bond motifs is 10. The van der Waals surface area contributed by atoms with Crippen LogP contribution in [0.3, 0.4) is 0 Å². The second-order valence-electron chi connectivity index (χ2n) is 14.3. The molecule has 8 aromatic rings. The van der Waals surface area contributed by atoms with E-state index < -0.39 is 0 Å². The van der Waals surface area contributed by atoms with Crippen LogP contribution in [-0.4, -0.2) is 4.98 Å². The maximum Gasteiger partial charge on any atom is 0.0719 e. The molecule has 1 heteroatoms. The van der Waals surface area contributed by atoms with Crippen molar-refractivity contribution >= 4 is 10.9 Å². The van der Waals surface area contributed by atoms with E-state index in [1.54, 1.807) is 0 Å². The second-order valence-corrected chi connectivity index (χ2v) is 14.3. The van der Waals surface area contributed by atoms with Gasteiger partial charge in [0.2, 0.25) is 0 Å². The summed E-state index contributed by atoms with van der Waals surface area (Å²) >= 11 is 0. The molecule has 0 saturated carbocycles. The standard InChI is InChI=1S/C49H35N/c1-48(2)42-21-8-10-23-44(42)49(45-24-11-9-22-43(45)48)40-20-7-6-18-37(40)39-31-34(26-28-41(39)49)33-16-12-17-35(30-33)36-19-13-25-47-38(36)27-29-46(50-47)32-14-4-3-5-15-32/h3-31H,1-2H3. The third-order valence-electron chi connectivity index (χ3n) is 11.4. The van der Waals surface area contributed by atoms with E-state index in [4.69, 9.17) is 4.98 Å². The predicted molar refractivity (Wildman–Crippen MR) is 207 cm³/mol. The molecule has 0 fully saturated rings. The van der Waals surface area contributed by atoms with E-state index in [0.29, 0.717) is 0 Å². The average Bonchev–Trinajstić information content (AvgIpc) is 3.47. The van der Waals surface area contributed by atoms with Crippen LogP contribution in [0.4, 0.5) is 0 Å². The Hall–Kier alpha value is -6.05. The second kappa shape index (κ2) is 10.7. The van der Waals surface area contributed by atoms with Gasteiger partial charge in [-0.15, -0.1) is 0 Å². The van der Waals surface area contributed by atoms with Crippen LogP contribution in [0.25, 0.3) is 55.5 Å². The Morgan fingerprint density at radius 2 is 0.920 bits per heavy atom. The van der Waals surface area contributed by atoms with Crippen molar-refractivity contribution in [1.82, 2.24) is 4.98 Å². The molecule has 1 spiro atoms. The third kappa shape index (κ3) is 3.98. The number of hydrogen-bond acceptors (Lipinski definition) is 1. The molecule has 0 atom stereocenters. The van der Waals surface area contributed by atoms with Crippen LogP contribution in [0.1, 0.15) is 47.2 Å². The molecule has 1 nitrogen and oxygen atoms in total. The first-order chi connectivity index (χ1) is 24.5. The zero-order valence-electron chi connectivity index (χ0n) is 28.2. The molecular weight excluding hydrogens is 603 g/mol. The molecule has 10 rings (SSSR count). The summed E-state index contributed by atoms with van der Waals surface area (Å²) in [6.07, 6.45) is 0. The highest BCUT2D eigenvalue weighted by atomic mass is 14.7. The van der Waals surface area contributed by atoms with Gasteiger partial charge in [0.05, 0.1) is 16.6 Å². The van der Waals surface area contributed by atoms with Gasteiger partial charge >= 0.3 is 0 Å². The molecule has 50 heavy (non-hydrogen) atoms. The number of aromatic nitrogens is 1. The fourth-order valence-electron chi connectivity index (χ4n) is 9.09. The SMILES string of the molecule is CC1(C)c2ccccc2C2(c3ccccc3-c3cc(-c4cccc(-c5cccc6nc(-c7ccccc7)ccc56)c4)ccc32)c2ccccc21. The van der Waals surface area contributed by atoms with Crippen molar-refractivity contribution in [3.05, 3.63) is 209 Å². The molecule has 0 N–H and O–H groups in total. The molecule has 2 aliphatic carbocycles. The summed E-state index contributed by atoms with van der Waals surface area (Å²) in [6, 6.07) is 64.8. The number of pyridine rings is 1. The summed E-state index contributed by atoms with van der Waals surface area (Å²) in [6.45, 7) is 4.76. The van der Waals surface area contributed by atoms with Crippen molar-refractivity contribution in [2.24, 2.45) is 0 Å². The maximum atomic E-state index is 5.06. The van der Waals surface area contributed by atoms with Crippen LogP contribution < -0.4 is 0 Å². The van der Waals surface area contributed by atoms with Gasteiger partial charge in [-0.05, 0) is 91.0 Å². The van der Waals surface area contributed by atoms with Gasteiger partial charge in [-0.3, -0.25) is 0 Å². The molecule has 0 amide bonds. The average molecular weight is 638 g/mol. The summed E-state index contributed by atoms with van der Waals surface area (Å²) < 4.78 is 0. The first-order valence-corrected chi connectivity index (χ1v) is 17.6. The van der Waals surface area contributed by atoms with Crippen LogP contribution >= 0.6 is 0 Å². The Bertz CT molecular complexity index is 2580. The minimum Gasteiger partial charge on any atom is -0.248 e. The minimum atomic E-state index is -0.371. The van der Waals surface area contributed by atoms with Gasteiger partial charge < -0.3 is 0 Å². The summed E-state index contributed by atoms with van der Waals surface area (Å²) in [5, 5.41) is 1.16. The fourth-order valence-corrected chi connectivity index (χ4v) is 9.09. The Labute approximate surface area is 293 Å². The van der Waals surface area contributed by atoms with E-state index in [1.807, 2.05) is 6.07 Å². The minimum absolute atomic E-state index is 0.100. The first-order valence-electron chi connectivity index (χ1n) is 17.6. The van der Waals surface area contributed by atoms with E-state index in [9.17, 15) is 0 Å². The fraction of sp³-hybridized carbons (Fsp3) is 0.0816. The van der Waals surface area contributed by atoms with Crippen LogP contribution in [0.15, 0.2) is 176 Å². The molecule has 0 saturated heterocycles. The highest BCUT2D eigenvalue weighted by Crippen LogP contribution is 2.62. The van der Waals surface area contributed by atoms with E-state index in [1.165, 1.54) is 66.8 Å². The zero-order valence-corrected chi connectivity index (χ0v) is 28.2. The van der Waals surface area contributed by atoms with Gasteiger partial charge in [-0.2, -0.15) is 0 Å². The van der Waals surface area contributed by atoms with Gasteiger partial charge in [0, 0.05) is 16.4 Å². The molecule has 2 aliphatic rings. The smallest absolute Gasteiger partial charge is 0.0719 e. The molecule has 0 radical (unpaired) electrons. The lowest BCUT2D eigenvalue weighted by Crippen LogP contribution is -2.40. The molecule has 0 bridgehead atoms. The van der Waals surface area contributed by atoms with Crippen molar-refractivity contribution in [2.45, 2.75) is 24.7 Å². The lowest BCUT2D eigenvalue weighted by molar-refractivity contribution is 0.563. The summed E-state index contributed by atoms with van der Waals surface area (Å²) in [5.74, 6) is 0. The molecule has 236 valence electrons. The molecule has 1 aromatic heterocycles. The van der Waals surface area contributed by atoms with E-state index in [0.717, 1.165) is 22.2 Å². The molecule has 1 heterocycles. The molecule has 7 aromatic carbocycles. The molecule has 0 unspecified atom stereocenters. The maximum absolute atomic E-state index is 5.06. The van der Waals surface area contributed by atoms with E-state index >= 15 is 0 Å². The Kier molecular flexibility index (Phi) is 6.20. The highest BCUT2D eigenvalue weighted by Gasteiger charge is 2.53. The topological polar surface area (TPSA) is 12.9 Å². The first kappa shape index (κ1) is 28.9. The largest absolute Gasteiger partial charge is 0.248 e. The van der Waals surface area contributed by atoms with Crippen LogP contribution in [0, 0.1) is 0 Å². The van der Waals surface area contributed by atoms with Crippen molar-refractivity contribution in [2.75, 3.05) is 0 Å². The normalized spacial score (nSPS) is 14.5. The number of nitrogens with zero attached hydrogens (tertiary/aromatic N) is 1. The van der Waals surface area contributed by atoms with Gasteiger partial charge in [0.1, 0.15) is 0 Å². The predicted octanol–water partition coefficient (Wildman–Crippen LogP) is 12.2. The van der Waals surface area contributed by atoms with E-state index in [-0.39, 0.29) is 10.8 Å². The van der Waals surface area contributed by atoms with E-state index in [2.05, 4.69) is 184 Å². The van der Waals surface area contributed by atoms with Crippen molar-refractivity contribution in [3.8, 4) is 44.6 Å². The Morgan fingerprint density at radius 3 is 1.68 bits per heavy atom. The Balaban J connectivity index is 1.13. The summed E-state index contributed by atoms with van der Waals surface area (Å²) in [5.41, 5.74) is 18.4. The van der Waals surface area contributed by atoms with Crippen LogP contribution in [0.2, 0.25) is 0 Å². The Morgan fingerprint density at radius 1 is 0.360 bits per heavy atom. The van der Waals surface area contributed by atoms with Gasteiger partial charge in [0.15, 0.2) is 0 Å². The van der Waals surface area contributed by atoms with Crippen LogP contribution in [-0.2, 0) is 10.8 Å². The monoisotopic (exact) mass is 637 g/mol. The third-order valence-corrected chi connectivity index (χ3v) is 11.4. The van der Waals surface area contributed by atoms with Crippen molar-refractivity contribution in [3.63, 3.8) is 0 Å². The zero-order chi connectivity index (χ0) is 33.5. The summed E-state index contributed by atoms with van der Waals surface area (Å²) in [4.78, 5) is 5.06.